The summed E-state index contributed by atoms with van der Waals surface area (Å²) in [5, 5.41) is 9.65. The van der Waals surface area contributed by atoms with Gasteiger partial charge >= 0.3 is 0 Å². The summed E-state index contributed by atoms with van der Waals surface area (Å²) >= 11 is 0. The molecule has 10 aromatic carbocycles. The lowest BCUT2D eigenvalue weighted by Gasteiger charge is -2.34. The van der Waals surface area contributed by atoms with Crippen LogP contribution < -0.4 is 0 Å². The second-order valence-corrected chi connectivity index (χ2v) is 15.1. The fourth-order valence-electron chi connectivity index (χ4n) is 10.0. The molecule has 1 heterocycles. The van der Waals surface area contributed by atoms with Crippen LogP contribution in [0.4, 0.5) is 0 Å². The highest BCUT2D eigenvalue weighted by atomic mass is 16.3. The molecule has 0 unspecified atom stereocenters. The molecule has 1 aromatic heterocycles. The molecule has 1 aliphatic rings. The van der Waals surface area contributed by atoms with Gasteiger partial charge in [0.15, 0.2) is 0 Å². The first-order valence-electron chi connectivity index (χ1n) is 19.4. The van der Waals surface area contributed by atoms with Gasteiger partial charge in [-0.1, -0.05) is 188 Å². The van der Waals surface area contributed by atoms with Crippen LogP contribution in [0, 0.1) is 0 Å². The topological polar surface area (TPSA) is 13.1 Å². The Kier molecular flexibility index (Phi) is 6.62. The molecule has 0 saturated heterocycles. The maximum atomic E-state index is 6.67. The first-order valence-corrected chi connectivity index (χ1v) is 19.4. The van der Waals surface area contributed by atoms with Crippen molar-refractivity contribution in [1.82, 2.24) is 0 Å². The van der Waals surface area contributed by atoms with E-state index in [9.17, 15) is 0 Å². The quantitative estimate of drug-likeness (QED) is 0.177. The number of benzene rings is 10. The third-order valence-corrected chi connectivity index (χ3v) is 12.3. The standard InChI is InChI=1S/C55H34O/c1-3-17-38(18-4-1)55(39-19-5-2-6-20-39)49-32-29-37(41-23-13-27-51-53(41)47-30-28-36-15-8-10-22-42(36)54(47)56-51)34-48(49)52-46-26-12-25-44(45(46)31-33-50(52)55)43-24-11-16-35-14-7-9-21-40(35)43/h1-34H. The summed E-state index contributed by atoms with van der Waals surface area (Å²) in [7, 11) is 0. The van der Waals surface area contributed by atoms with Crippen LogP contribution in [0.15, 0.2) is 211 Å². The second-order valence-electron chi connectivity index (χ2n) is 15.1. The van der Waals surface area contributed by atoms with E-state index in [4.69, 9.17) is 4.42 Å². The minimum Gasteiger partial charge on any atom is -0.455 e. The van der Waals surface area contributed by atoms with Gasteiger partial charge in [0.1, 0.15) is 11.2 Å². The molecular formula is C55H34O. The van der Waals surface area contributed by atoms with Crippen LogP contribution >= 0.6 is 0 Å². The molecular weight excluding hydrogens is 677 g/mol. The van der Waals surface area contributed by atoms with E-state index in [1.54, 1.807) is 0 Å². The largest absolute Gasteiger partial charge is 0.455 e. The van der Waals surface area contributed by atoms with Gasteiger partial charge in [-0.3, -0.25) is 0 Å². The van der Waals surface area contributed by atoms with E-state index in [-0.39, 0.29) is 0 Å². The molecule has 0 bridgehead atoms. The van der Waals surface area contributed by atoms with E-state index in [1.165, 1.54) is 82.6 Å². The summed E-state index contributed by atoms with van der Waals surface area (Å²) < 4.78 is 6.67. The molecule has 11 aromatic rings. The minimum atomic E-state index is -0.511. The third kappa shape index (κ3) is 4.26. The van der Waals surface area contributed by atoms with Gasteiger partial charge < -0.3 is 4.42 Å². The Morgan fingerprint density at radius 2 is 0.911 bits per heavy atom. The molecule has 260 valence electrons. The molecule has 1 heteroatoms. The van der Waals surface area contributed by atoms with Gasteiger partial charge in [0.25, 0.3) is 0 Å². The van der Waals surface area contributed by atoms with Crippen molar-refractivity contribution in [3.05, 3.63) is 229 Å². The van der Waals surface area contributed by atoms with Gasteiger partial charge in [-0.05, 0) is 101 Å². The summed E-state index contributed by atoms with van der Waals surface area (Å²) in [4.78, 5) is 0. The van der Waals surface area contributed by atoms with Gasteiger partial charge in [-0.15, -0.1) is 0 Å². The summed E-state index contributed by atoms with van der Waals surface area (Å²) in [5.41, 5.74) is 13.9. The minimum absolute atomic E-state index is 0.511. The molecule has 12 rings (SSSR count). The fourth-order valence-corrected chi connectivity index (χ4v) is 10.0. The predicted molar refractivity (Wildman–Crippen MR) is 234 cm³/mol. The Balaban J connectivity index is 1.19. The fraction of sp³-hybridized carbons (Fsp3) is 0.0182. The summed E-state index contributed by atoms with van der Waals surface area (Å²) in [6.07, 6.45) is 0. The Morgan fingerprint density at radius 1 is 0.339 bits per heavy atom. The van der Waals surface area contributed by atoms with E-state index in [1.807, 2.05) is 0 Å². The molecule has 0 amide bonds. The monoisotopic (exact) mass is 710 g/mol. The Bertz CT molecular complexity index is 3310. The number of furan rings is 1. The number of hydrogen-bond acceptors (Lipinski definition) is 1. The lowest BCUT2D eigenvalue weighted by molar-refractivity contribution is 0.673. The molecule has 0 radical (unpaired) electrons. The number of fused-ring (bicyclic) bond motifs is 11. The van der Waals surface area contributed by atoms with Gasteiger partial charge in [0, 0.05) is 16.2 Å². The summed E-state index contributed by atoms with van der Waals surface area (Å²) in [5.74, 6) is 0. The van der Waals surface area contributed by atoms with Crippen molar-refractivity contribution in [3.63, 3.8) is 0 Å². The van der Waals surface area contributed by atoms with Gasteiger partial charge in [0.2, 0.25) is 0 Å². The van der Waals surface area contributed by atoms with Crippen molar-refractivity contribution in [1.29, 1.82) is 0 Å². The zero-order valence-electron chi connectivity index (χ0n) is 30.5. The van der Waals surface area contributed by atoms with E-state index >= 15 is 0 Å². The van der Waals surface area contributed by atoms with Crippen LogP contribution in [0.5, 0.6) is 0 Å². The Labute approximate surface area is 324 Å². The average molecular weight is 711 g/mol. The Hall–Kier alpha value is -7.22. The molecule has 56 heavy (non-hydrogen) atoms. The maximum Gasteiger partial charge on any atom is 0.143 e. The van der Waals surface area contributed by atoms with Gasteiger partial charge in [-0.25, -0.2) is 0 Å². The van der Waals surface area contributed by atoms with Crippen molar-refractivity contribution < 1.29 is 4.42 Å². The van der Waals surface area contributed by atoms with E-state index in [0.29, 0.717) is 0 Å². The summed E-state index contributed by atoms with van der Waals surface area (Å²) in [6, 6.07) is 75.9. The lowest BCUT2D eigenvalue weighted by atomic mass is 9.67. The maximum absolute atomic E-state index is 6.67. The second kappa shape index (κ2) is 11.9. The lowest BCUT2D eigenvalue weighted by Crippen LogP contribution is -2.28. The normalized spacial score (nSPS) is 13.1. The zero-order chi connectivity index (χ0) is 36.8. The SMILES string of the molecule is c1ccc(C2(c3ccccc3)c3ccc(-c4cccc5oc6c7ccccc7ccc6c45)cc3-c3c2ccc2c(-c4cccc5ccccc45)cccc32)cc1. The highest BCUT2D eigenvalue weighted by molar-refractivity contribution is 6.19. The highest BCUT2D eigenvalue weighted by Gasteiger charge is 2.47. The van der Waals surface area contributed by atoms with Crippen molar-refractivity contribution >= 4 is 54.3 Å². The van der Waals surface area contributed by atoms with E-state index in [0.717, 1.165) is 27.3 Å². The molecule has 0 atom stereocenters. The first kappa shape index (κ1) is 31.2. The predicted octanol–water partition coefficient (Wildman–Crippen LogP) is 14.7. The van der Waals surface area contributed by atoms with Gasteiger partial charge in [0.05, 0.1) is 5.41 Å². The van der Waals surface area contributed by atoms with Crippen LogP contribution in [0.25, 0.3) is 87.6 Å². The van der Waals surface area contributed by atoms with Crippen LogP contribution in [-0.4, -0.2) is 0 Å². The van der Waals surface area contributed by atoms with Gasteiger partial charge in [-0.2, -0.15) is 0 Å². The summed E-state index contributed by atoms with van der Waals surface area (Å²) in [6.45, 7) is 0. The van der Waals surface area contributed by atoms with E-state index in [2.05, 4.69) is 206 Å². The molecule has 0 fully saturated rings. The Morgan fingerprint density at radius 3 is 1.70 bits per heavy atom. The third-order valence-electron chi connectivity index (χ3n) is 12.3. The van der Waals surface area contributed by atoms with Crippen molar-refractivity contribution in [2.75, 3.05) is 0 Å². The molecule has 0 saturated carbocycles. The molecule has 1 aliphatic carbocycles. The van der Waals surface area contributed by atoms with Crippen molar-refractivity contribution in [2.24, 2.45) is 0 Å². The molecule has 0 spiro atoms. The van der Waals surface area contributed by atoms with E-state index < -0.39 is 5.41 Å². The van der Waals surface area contributed by atoms with Crippen LogP contribution in [-0.2, 0) is 5.41 Å². The number of rotatable bonds is 4. The molecule has 0 N–H and O–H groups in total. The van der Waals surface area contributed by atoms with Crippen LogP contribution in [0.3, 0.4) is 0 Å². The molecule has 0 aliphatic heterocycles. The van der Waals surface area contributed by atoms with Crippen molar-refractivity contribution in [2.45, 2.75) is 5.41 Å². The average Bonchev–Trinajstić information content (AvgIpc) is 3.81. The van der Waals surface area contributed by atoms with Crippen LogP contribution in [0.2, 0.25) is 0 Å². The number of hydrogen-bond donors (Lipinski definition) is 0. The molecule has 1 nitrogen and oxygen atoms in total. The smallest absolute Gasteiger partial charge is 0.143 e. The zero-order valence-corrected chi connectivity index (χ0v) is 30.5. The first-order chi connectivity index (χ1) is 27.8. The van der Waals surface area contributed by atoms with Crippen LogP contribution in [0.1, 0.15) is 22.3 Å². The van der Waals surface area contributed by atoms with Crippen molar-refractivity contribution in [3.8, 4) is 33.4 Å². The highest BCUT2D eigenvalue weighted by Crippen LogP contribution is 2.59.